The van der Waals surface area contributed by atoms with Crippen LogP contribution >= 0.6 is 0 Å². The number of hydrogen-bond acceptors (Lipinski definition) is 4. The summed E-state index contributed by atoms with van der Waals surface area (Å²) in [7, 11) is 0. The molecule has 3 atom stereocenters. The van der Waals surface area contributed by atoms with Crippen LogP contribution in [-0.4, -0.2) is 41.0 Å². The molecule has 24 heavy (non-hydrogen) atoms. The van der Waals surface area contributed by atoms with Gasteiger partial charge in [0, 0.05) is 6.42 Å². The van der Waals surface area contributed by atoms with Crippen molar-refractivity contribution in [3.63, 3.8) is 0 Å². The van der Waals surface area contributed by atoms with E-state index in [1.165, 1.54) is 0 Å². The third-order valence-corrected chi connectivity index (χ3v) is 4.25. The van der Waals surface area contributed by atoms with Gasteiger partial charge in [-0.25, -0.2) is 0 Å². The summed E-state index contributed by atoms with van der Waals surface area (Å²) < 4.78 is 5.45. The third-order valence-electron chi connectivity index (χ3n) is 4.25. The van der Waals surface area contributed by atoms with Gasteiger partial charge in [0.15, 0.2) is 0 Å². The van der Waals surface area contributed by atoms with Gasteiger partial charge in [-0.3, -0.25) is 4.79 Å². The Morgan fingerprint density at radius 1 is 1.08 bits per heavy atom. The number of rotatable bonds is 5. The smallest absolute Gasteiger partial charge is 0.250 e. The first-order valence-electron chi connectivity index (χ1n) is 8.03. The zero-order valence-corrected chi connectivity index (χ0v) is 13.2. The van der Waals surface area contributed by atoms with Gasteiger partial charge >= 0.3 is 0 Å². The SMILES string of the molecule is O=C(NC(c1ccccc1)c1ccccc1)[C@H]1C[C@H](O)[C@@H](CO)O1. The Labute approximate surface area is 140 Å². The van der Waals surface area contributed by atoms with Crippen molar-refractivity contribution in [3.8, 4) is 0 Å². The fraction of sp³-hybridized carbons (Fsp3) is 0.316. The molecule has 2 aromatic carbocycles. The van der Waals surface area contributed by atoms with E-state index >= 15 is 0 Å². The highest BCUT2D eigenvalue weighted by molar-refractivity contribution is 5.82. The lowest BCUT2D eigenvalue weighted by atomic mass is 9.98. The molecule has 3 N–H and O–H groups in total. The molecule has 0 radical (unpaired) electrons. The van der Waals surface area contributed by atoms with Crippen molar-refractivity contribution >= 4 is 5.91 Å². The average Bonchev–Trinajstić information content (AvgIpc) is 3.02. The highest BCUT2D eigenvalue weighted by Crippen LogP contribution is 2.25. The lowest BCUT2D eigenvalue weighted by Gasteiger charge is -2.22. The minimum atomic E-state index is -0.822. The van der Waals surface area contributed by atoms with Gasteiger partial charge in [-0.2, -0.15) is 0 Å². The average molecular weight is 327 g/mol. The first kappa shape index (κ1) is 16.6. The second-order valence-electron chi connectivity index (χ2n) is 5.91. The van der Waals surface area contributed by atoms with Crippen LogP contribution < -0.4 is 5.32 Å². The molecular weight excluding hydrogens is 306 g/mol. The summed E-state index contributed by atoms with van der Waals surface area (Å²) in [6, 6.07) is 19.1. The van der Waals surface area contributed by atoms with Gasteiger partial charge in [0.25, 0.3) is 0 Å². The van der Waals surface area contributed by atoms with E-state index in [0.717, 1.165) is 11.1 Å². The Hall–Kier alpha value is -2.21. The number of benzene rings is 2. The van der Waals surface area contributed by atoms with E-state index in [9.17, 15) is 9.90 Å². The van der Waals surface area contributed by atoms with E-state index in [1.807, 2.05) is 60.7 Å². The zero-order valence-electron chi connectivity index (χ0n) is 13.2. The van der Waals surface area contributed by atoms with Crippen LogP contribution in [0.3, 0.4) is 0 Å². The summed E-state index contributed by atoms with van der Waals surface area (Å²) in [5, 5.41) is 22.0. The van der Waals surface area contributed by atoms with Crippen molar-refractivity contribution in [3.05, 3.63) is 71.8 Å². The molecule has 126 valence electrons. The number of hydrogen-bond donors (Lipinski definition) is 3. The molecule has 0 aliphatic carbocycles. The predicted octanol–water partition coefficient (Wildman–Crippen LogP) is 1.40. The summed E-state index contributed by atoms with van der Waals surface area (Å²) in [5.74, 6) is -0.289. The zero-order chi connectivity index (χ0) is 16.9. The molecule has 0 saturated carbocycles. The molecular formula is C19H21NO4. The topological polar surface area (TPSA) is 78.8 Å². The van der Waals surface area contributed by atoms with Crippen molar-refractivity contribution in [1.82, 2.24) is 5.32 Å². The number of ether oxygens (including phenoxy) is 1. The maximum absolute atomic E-state index is 12.6. The number of nitrogens with one attached hydrogen (secondary N) is 1. The largest absolute Gasteiger partial charge is 0.394 e. The number of aliphatic hydroxyl groups is 2. The molecule has 0 spiro atoms. The van der Waals surface area contributed by atoms with Crippen LogP contribution in [-0.2, 0) is 9.53 Å². The quantitative estimate of drug-likeness (QED) is 0.776. The minimum Gasteiger partial charge on any atom is -0.394 e. The molecule has 5 heteroatoms. The van der Waals surface area contributed by atoms with Crippen molar-refractivity contribution in [2.45, 2.75) is 30.8 Å². The fourth-order valence-electron chi connectivity index (χ4n) is 2.95. The molecule has 1 heterocycles. The van der Waals surface area contributed by atoms with Crippen LogP contribution in [0.25, 0.3) is 0 Å². The second-order valence-corrected chi connectivity index (χ2v) is 5.91. The molecule has 0 aromatic heterocycles. The standard InChI is InChI=1S/C19H21NO4/c21-12-17-15(22)11-16(24-17)19(23)20-18(13-7-3-1-4-8-13)14-9-5-2-6-10-14/h1-10,15-18,21-22H,11-12H2,(H,20,23)/t15-,16+,17+/m0/s1. The lowest BCUT2D eigenvalue weighted by molar-refractivity contribution is -0.133. The number of carbonyl (C=O) groups is 1. The van der Waals surface area contributed by atoms with E-state index in [0.29, 0.717) is 0 Å². The van der Waals surface area contributed by atoms with Crippen molar-refractivity contribution in [2.24, 2.45) is 0 Å². The van der Waals surface area contributed by atoms with Crippen LogP contribution in [0.15, 0.2) is 60.7 Å². The van der Waals surface area contributed by atoms with E-state index < -0.39 is 18.3 Å². The lowest BCUT2D eigenvalue weighted by Crippen LogP contribution is -2.38. The molecule has 0 unspecified atom stereocenters. The Morgan fingerprint density at radius 2 is 1.62 bits per heavy atom. The minimum absolute atomic E-state index is 0.188. The Balaban J connectivity index is 1.79. The predicted molar refractivity (Wildman–Crippen MR) is 89.2 cm³/mol. The van der Waals surface area contributed by atoms with E-state index in [2.05, 4.69) is 5.32 Å². The van der Waals surface area contributed by atoms with Gasteiger partial charge in [0.1, 0.15) is 12.2 Å². The Bertz CT molecular complexity index is 622. The summed E-state index contributed by atoms with van der Waals surface area (Å²) >= 11 is 0. The highest BCUT2D eigenvalue weighted by atomic mass is 16.5. The van der Waals surface area contributed by atoms with Crippen LogP contribution in [0.2, 0.25) is 0 Å². The molecule has 0 bridgehead atoms. The molecule has 5 nitrogen and oxygen atoms in total. The van der Waals surface area contributed by atoms with Crippen molar-refractivity contribution in [2.75, 3.05) is 6.61 Å². The van der Waals surface area contributed by atoms with Crippen LogP contribution in [0.5, 0.6) is 0 Å². The van der Waals surface area contributed by atoms with Gasteiger partial charge in [0.2, 0.25) is 5.91 Å². The summed E-state index contributed by atoms with van der Waals surface area (Å²) in [6.45, 7) is -0.300. The van der Waals surface area contributed by atoms with Gasteiger partial charge in [-0.15, -0.1) is 0 Å². The number of carbonyl (C=O) groups excluding carboxylic acids is 1. The first-order valence-corrected chi connectivity index (χ1v) is 8.03. The molecule has 3 rings (SSSR count). The van der Waals surface area contributed by atoms with E-state index in [1.54, 1.807) is 0 Å². The molecule has 1 amide bonds. The van der Waals surface area contributed by atoms with Crippen LogP contribution in [0.4, 0.5) is 0 Å². The van der Waals surface area contributed by atoms with Crippen LogP contribution in [0, 0.1) is 0 Å². The number of aliphatic hydroxyl groups excluding tert-OH is 2. The molecule has 1 saturated heterocycles. The maximum atomic E-state index is 12.6. The third kappa shape index (κ3) is 3.64. The summed E-state index contributed by atoms with van der Waals surface area (Å²) in [5.41, 5.74) is 1.93. The summed E-state index contributed by atoms with van der Waals surface area (Å²) in [4.78, 5) is 12.6. The second kappa shape index (κ2) is 7.57. The normalized spacial score (nSPS) is 23.4. The van der Waals surface area contributed by atoms with Crippen molar-refractivity contribution < 1.29 is 19.7 Å². The summed E-state index contributed by atoms with van der Waals surface area (Å²) in [6.07, 6.45) is -2.09. The first-order chi connectivity index (χ1) is 11.7. The highest BCUT2D eigenvalue weighted by Gasteiger charge is 2.38. The number of amides is 1. The van der Waals surface area contributed by atoms with Crippen molar-refractivity contribution in [1.29, 1.82) is 0 Å². The Morgan fingerprint density at radius 3 is 2.08 bits per heavy atom. The van der Waals surface area contributed by atoms with Gasteiger partial charge in [-0.1, -0.05) is 60.7 Å². The van der Waals surface area contributed by atoms with Gasteiger partial charge in [-0.05, 0) is 11.1 Å². The molecule has 1 aliphatic rings. The van der Waals surface area contributed by atoms with Crippen LogP contribution in [0.1, 0.15) is 23.6 Å². The van der Waals surface area contributed by atoms with Gasteiger partial charge < -0.3 is 20.3 Å². The van der Waals surface area contributed by atoms with E-state index in [4.69, 9.17) is 9.84 Å². The fourth-order valence-corrected chi connectivity index (χ4v) is 2.95. The Kier molecular flexibility index (Phi) is 5.25. The molecule has 1 fully saturated rings. The molecule has 2 aromatic rings. The van der Waals surface area contributed by atoms with Gasteiger partial charge in [0.05, 0.1) is 18.8 Å². The monoisotopic (exact) mass is 327 g/mol. The van der Waals surface area contributed by atoms with E-state index in [-0.39, 0.29) is 25.0 Å². The maximum Gasteiger partial charge on any atom is 0.250 e. The molecule has 1 aliphatic heterocycles.